The van der Waals surface area contributed by atoms with Crippen LogP contribution < -0.4 is 0 Å². The molecule has 0 spiro atoms. The molecule has 0 radical (unpaired) electrons. The summed E-state index contributed by atoms with van der Waals surface area (Å²) in [5, 5.41) is 0. The van der Waals surface area contributed by atoms with Gasteiger partial charge in [-0.05, 0) is 25.5 Å². The minimum Gasteiger partial charge on any atom is -0.456 e. The number of carbonyl (C=O) groups is 2. The molecule has 0 saturated carbocycles. The van der Waals surface area contributed by atoms with Crippen molar-refractivity contribution in [3.8, 4) is 0 Å². The van der Waals surface area contributed by atoms with Crippen LogP contribution in [0, 0.1) is 5.41 Å². The SMILES string of the molecule is CC1(C)C(=O)O[C@@H](c2ccccc2Br)[C@@H](c2ccccc2)C1=O. The summed E-state index contributed by atoms with van der Waals surface area (Å²) in [6.45, 7) is 3.26. The van der Waals surface area contributed by atoms with Gasteiger partial charge in [0.15, 0.2) is 5.78 Å². The highest BCUT2D eigenvalue weighted by atomic mass is 79.9. The summed E-state index contributed by atoms with van der Waals surface area (Å²) < 4.78 is 6.54. The van der Waals surface area contributed by atoms with Gasteiger partial charge >= 0.3 is 5.97 Å². The van der Waals surface area contributed by atoms with E-state index in [0.717, 1.165) is 15.6 Å². The molecule has 2 atom stereocenters. The molecule has 1 fully saturated rings. The third-order valence-corrected chi connectivity index (χ3v) is 5.04. The van der Waals surface area contributed by atoms with Crippen LogP contribution in [0.25, 0.3) is 0 Å². The number of cyclic esters (lactones) is 1. The van der Waals surface area contributed by atoms with Crippen LogP contribution in [0.1, 0.15) is 37.0 Å². The van der Waals surface area contributed by atoms with Gasteiger partial charge in [-0.1, -0.05) is 64.5 Å². The van der Waals surface area contributed by atoms with Crippen LogP contribution in [-0.2, 0) is 14.3 Å². The van der Waals surface area contributed by atoms with Crippen LogP contribution in [0.2, 0.25) is 0 Å². The topological polar surface area (TPSA) is 43.4 Å². The number of carbonyl (C=O) groups excluding carboxylic acids is 2. The van der Waals surface area contributed by atoms with E-state index in [1.54, 1.807) is 13.8 Å². The zero-order chi connectivity index (χ0) is 16.6. The van der Waals surface area contributed by atoms with Crippen LogP contribution in [-0.4, -0.2) is 11.8 Å². The Morgan fingerprint density at radius 1 is 0.957 bits per heavy atom. The number of benzene rings is 2. The maximum Gasteiger partial charge on any atom is 0.319 e. The molecule has 1 aliphatic heterocycles. The average Bonchev–Trinajstić information content (AvgIpc) is 2.54. The highest BCUT2D eigenvalue weighted by Gasteiger charge is 2.51. The monoisotopic (exact) mass is 372 g/mol. The molecule has 0 N–H and O–H groups in total. The van der Waals surface area contributed by atoms with E-state index in [1.165, 1.54) is 0 Å². The normalized spacial score (nSPS) is 23.4. The molecular weight excluding hydrogens is 356 g/mol. The van der Waals surface area contributed by atoms with Crippen molar-refractivity contribution in [1.29, 1.82) is 0 Å². The van der Waals surface area contributed by atoms with Crippen LogP contribution in [0.15, 0.2) is 59.1 Å². The molecule has 2 aromatic rings. The minimum absolute atomic E-state index is 0.110. The van der Waals surface area contributed by atoms with E-state index in [-0.39, 0.29) is 5.78 Å². The summed E-state index contributed by atoms with van der Waals surface area (Å²) in [5.74, 6) is -1.10. The van der Waals surface area contributed by atoms with Gasteiger partial charge in [0.05, 0.1) is 5.92 Å². The maximum absolute atomic E-state index is 13.0. The number of hydrogen-bond donors (Lipinski definition) is 0. The molecule has 1 aliphatic rings. The fourth-order valence-corrected chi connectivity index (χ4v) is 3.40. The Bertz CT molecular complexity index is 752. The molecule has 2 aromatic carbocycles. The van der Waals surface area contributed by atoms with Crippen LogP contribution in [0.4, 0.5) is 0 Å². The minimum atomic E-state index is -1.14. The Kier molecular flexibility index (Phi) is 4.11. The van der Waals surface area contributed by atoms with Gasteiger partial charge in [0, 0.05) is 10.0 Å². The molecule has 3 nitrogen and oxygen atoms in total. The summed E-state index contributed by atoms with van der Waals surface area (Å²) in [7, 11) is 0. The van der Waals surface area contributed by atoms with Gasteiger partial charge in [-0.25, -0.2) is 0 Å². The summed E-state index contributed by atoms with van der Waals surface area (Å²) in [5.41, 5.74) is 0.524. The first-order valence-corrected chi connectivity index (χ1v) is 8.27. The first kappa shape index (κ1) is 15.9. The number of ether oxygens (including phenoxy) is 1. The number of rotatable bonds is 2. The second-order valence-electron chi connectivity index (χ2n) is 6.23. The lowest BCUT2D eigenvalue weighted by atomic mass is 9.72. The number of ketones is 1. The molecule has 23 heavy (non-hydrogen) atoms. The fraction of sp³-hybridized carbons (Fsp3) is 0.263. The Morgan fingerprint density at radius 2 is 1.57 bits per heavy atom. The predicted molar refractivity (Wildman–Crippen MR) is 90.9 cm³/mol. The molecule has 0 unspecified atom stereocenters. The highest BCUT2D eigenvalue weighted by Crippen LogP contribution is 2.46. The first-order valence-electron chi connectivity index (χ1n) is 7.47. The van der Waals surface area contributed by atoms with Gasteiger partial charge < -0.3 is 4.74 Å². The van der Waals surface area contributed by atoms with Gasteiger partial charge in [0.25, 0.3) is 0 Å². The maximum atomic E-state index is 13.0. The second-order valence-corrected chi connectivity index (χ2v) is 7.08. The molecular formula is C19H17BrO3. The van der Waals surface area contributed by atoms with Gasteiger partial charge in [-0.2, -0.15) is 0 Å². The number of esters is 1. The van der Waals surface area contributed by atoms with Crippen molar-refractivity contribution in [2.45, 2.75) is 25.9 Å². The lowest BCUT2D eigenvalue weighted by Crippen LogP contribution is -2.46. The zero-order valence-electron chi connectivity index (χ0n) is 13.0. The average molecular weight is 373 g/mol. The molecule has 0 aromatic heterocycles. The second kappa shape index (κ2) is 5.93. The van der Waals surface area contributed by atoms with Crippen LogP contribution >= 0.6 is 15.9 Å². The fourth-order valence-electron chi connectivity index (χ4n) is 2.89. The van der Waals surface area contributed by atoms with E-state index < -0.39 is 23.4 Å². The summed E-state index contributed by atoms with van der Waals surface area (Å²) in [4.78, 5) is 25.4. The third kappa shape index (κ3) is 2.72. The van der Waals surface area contributed by atoms with Crippen molar-refractivity contribution in [2.24, 2.45) is 5.41 Å². The van der Waals surface area contributed by atoms with Gasteiger partial charge in [-0.3, -0.25) is 9.59 Å². The van der Waals surface area contributed by atoms with Crippen molar-refractivity contribution in [2.75, 3.05) is 0 Å². The van der Waals surface area contributed by atoms with E-state index in [4.69, 9.17) is 4.74 Å². The largest absolute Gasteiger partial charge is 0.456 e. The number of halogens is 1. The molecule has 118 valence electrons. The quantitative estimate of drug-likeness (QED) is 0.578. The van der Waals surface area contributed by atoms with E-state index in [2.05, 4.69) is 15.9 Å². The van der Waals surface area contributed by atoms with Gasteiger partial charge in [-0.15, -0.1) is 0 Å². The lowest BCUT2D eigenvalue weighted by Gasteiger charge is -2.38. The predicted octanol–water partition coefficient (Wildman–Crippen LogP) is 4.43. The molecule has 0 bridgehead atoms. The first-order chi connectivity index (χ1) is 10.9. The van der Waals surface area contributed by atoms with E-state index >= 15 is 0 Å². The van der Waals surface area contributed by atoms with E-state index in [9.17, 15) is 9.59 Å². The van der Waals surface area contributed by atoms with Crippen molar-refractivity contribution < 1.29 is 14.3 Å². The molecule has 3 rings (SSSR count). The van der Waals surface area contributed by atoms with Crippen LogP contribution in [0.3, 0.4) is 0 Å². The van der Waals surface area contributed by atoms with Crippen molar-refractivity contribution in [3.63, 3.8) is 0 Å². The van der Waals surface area contributed by atoms with E-state index in [1.807, 2.05) is 54.6 Å². The van der Waals surface area contributed by atoms with Crippen molar-refractivity contribution in [3.05, 3.63) is 70.2 Å². The zero-order valence-corrected chi connectivity index (χ0v) is 14.5. The third-order valence-electron chi connectivity index (χ3n) is 4.32. The molecule has 0 amide bonds. The summed E-state index contributed by atoms with van der Waals surface area (Å²) in [6, 6.07) is 17.0. The van der Waals surface area contributed by atoms with Gasteiger partial charge in [0.2, 0.25) is 0 Å². The molecule has 1 heterocycles. The van der Waals surface area contributed by atoms with E-state index in [0.29, 0.717) is 0 Å². The number of Topliss-reactive ketones (excluding diaryl/α,β-unsaturated/α-hetero) is 1. The Labute approximate surface area is 143 Å². The molecule has 1 saturated heterocycles. The lowest BCUT2D eigenvalue weighted by molar-refractivity contribution is -0.174. The Balaban J connectivity index is 2.14. The molecule has 0 aliphatic carbocycles. The molecule has 4 heteroatoms. The summed E-state index contributed by atoms with van der Waals surface area (Å²) >= 11 is 3.50. The standard InChI is InChI=1S/C19H17BrO3/c1-19(2)17(21)15(12-8-4-3-5-9-12)16(23-18(19)22)13-10-6-7-11-14(13)20/h3-11,15-16H,1-2H3/t15-,16+/m1/s1. The van der Waals surface area contributed by atoms with Crippen molar-refractivity contribution >= 4 is 27.7 Å². The number of hydrogen-bond acceptors (Lipinski definition) is 3. The summed E-state index contributed by atoms with van der Waals surface area (Å²) in [6.07, 6.45) is -0.624. The highest BCUT2D eigenvalue weighted by molar-refractivity contribution is 9.10. The van der Waals surface area contributed by atoms with Gasteiger partial charge in [0.1, 0.15) is 11.5 Å². The Hall–Kier alpha value is -1.94. The van der Waals surface area contributed by atoms with Crippen molar-refractivity contribution in [1.82, 2.24) is 0 Å². The smallest absolute Gasteiger partial charge is 0.319 e. The Morgan fingerprint density at radius 3 is 2.22 bits per heavy atom. The van der Waals surface area contributed by atoms with Crippen LogP contribution in [0.5, 0.6) is 0 Å².